The number of nitrogens with one attached hydrogen (secondary N) is 2. The zero-order chi connectivity index (χ0) is 19.3. The molecule has 0 bridgehead atoms. The van der Waals surface area contributed by atoms with Crippen molar-refractivity contribution in [3.05, 3.63) is 53.6 Å². The number of nitrogens with zero attached hydrogens (tertiary/aromatic N) is 1. The van der Waals surface area contributed by atoms with Crippen LogP contribution in [0.15, 0.2) is 47.4 Å². The molecule has 146 valence electrons. The van der Waals surface area contributed by atoms with Gasteiger partial charge in [-0.15, -0.1) is 0 Å². The molecule has 1 heterocycles. The highest BCUT2D eigenvalue weighted by Crippen LogP contribution is 2.21. The van der Waals surface area contributed by atoms with Crippen LogP contribution in [0.1, 0.15) is 11.1 Å². The minimum absolute atomic E-state index is 0.306. The maximum atomic E-state index is 12.6. The topological polar surface area (TPSA) is 70.7 Å². The number of hydrogen-bond donors (Lipinski definition) is 2. The van der Waals surface area contributed by atoms with Crippen molar-refractivity contribution in [3.63, 3.8) is 0 Å². The highest BCUT2D eigenvalue weighted by atomic mass is 32.2. The van der Waals surface area contributed by atoms with Gasteiger partial charge in [0.15, 0.2) is 0 Å². The van der Waals surface area contributed by atoms with E-state index in [1.165, 1.54) is 0 Å². The monoisotopic (exact) mass is 389 g/mol. The molecule has 0 aromatic heterocycles. The molecule has 0 unspecified atom stereocenters. The summed E-state index contributed by atoms with van der Waals surface area (Å²) in [6, 6.07) is 12.7. The predicted molar refractivity (Wildman–Crippen MR) is 109 cm³/mol. The molecule has 2 N–H and O–H groups in total. The van der Waals surface area contributed by atoms with Crippen LogP contribution < -0.4 is 10.0 Å². The van der Waals surface area contributed by atoms with Gasteiger partial charge in [-0.2, -0.15) is 0 Å². The summed E-state index contributed by atoms with van der Waals surface area (Å²) in [6.45, 7) is 9.11. The number of morpholine rings is 1. The third-order valence-electron chi connectivity index (χ3n) is 4.62. The van der Waals surface area contributed by atoms with Gasteiger partial charge >= 0.3 is 0 Å². The van der Waals surface area contributed by atoms with E-state index in [-0.39, 0.29) is 0 Å². The first-order chi connectivity index (χ1) is 12.9. The summed E-state index contributed by atoms with van der Waals surface area (Å²) >= 11 is 0. The molecule has 7 heteroatoms. The highest BCUT2D eigenvalue weighted by molar-refractivity contribution is 7.92. The molecule has 1 aliphatic heterocycles. The molecule has 1 saturated heterocycles. The predicted octanol–water partition coefficient (Wildman–Crippen LogP) is 2.85. The smallest absolute Gasteiger partial charge is 0.262 e. The molecule has 0 spiro atoms. The van der Waals surface area contributed by atoms with Gasteiger partial charge in [-0.05, 0) is 49.7 Å². The number of sulfonamides is 1. The lowest BCUT2D eigenvalue weighted by atomic mass is 10.2. The van der Waals surface area contributed by atoms with Crippen LogP contribution in [-0.2, 0) is 14.8 Å². The van der Waals surface area contributed by atoms with E-state index >= 15 is 0 Å². The lowest BCUT2D eigenvalue weighted by Gasteiger charge is -2.26. The Balaban J connectivity index is 1.56. The number of aryl methyl sites for hydroxylation is 2. The van der Waals surface area contributed by atoms with Crippen molar-refractivity contribution < 1.29 is 13.2 Å². The molecular formula is C20H27N3O3S. The van der Waals surface area contributed by atoms with E-state index in [0.29, 0.717) is 10.6 Å². The molecule has 0 saturated carbocycles. The first-order valence-corrected chi connectivity index (χ1v) is 10.7. The summed E-state index contributed by atoms with van der Waals surface area (Å²) in [5.41, 5.74) is 3.30. The number of hydrogen-bond acceptors (Lipinski definition) is 5. The van der Waals surface area contributed by atoms with Crippen LogP contribution in [0, 0.1) is 13.8 Å². The number of rotatable bonds is 7. The van der Waals surface area contributed by atoms with Crippen LogP contribution >= 0.6 is 0 Å². The SMILES string of the molecule is Cc1ccc(S(=O)(=O)Nc2ccc(NCCN3CCOCC3)cc2)c(C)c1. The average Bonchev–Trinajstić information content (AvgIpc) is 2.63. The van der Waals surface area contributed by atoms with E-state index in [2.05, 4.69) is 14.9 Å². The molecule has 0 radical (unpaired) electrons. The van der Waals surface area contributed by atoms with Crippen LogP contribution in [0.25, 0.3) is 0 Å². The molecule has 27 heavy (non-hydrogen) atoms. The van der Waals surface area contributed by atoms with Gasteiger partial charge < -0.3 is 10.1 Å². The van der Waals surface area contributed by atoms with Gasteiger partial charge in [0.05, 0.1) is 18.1 Å². The fourth-order valence-corrected chi connectivity index (χ4v) is 4.44. The molecule has 3 rings (SSSR count). The number of anilines is 2. The third-order valence-corrected chi connectivity index (χ3v) is 6.16. The van der Waals surface area contributed by atoms with Crippen LogP contribution in [0.5, 0.6) is 0 Å². The molecular weight excluding hydrogens is 362 g/mol. The van der Waals surface area contributed by atoms with Gasteiger partial charge in [0.25, 0.3) is 10.0 Å². The van der Waals surface area contributed by atoms with E-state index in [0.717, 1.165) is 56.2 Å². The molecule has 0 aliphatic carbocycles. The normalized spacial score (nSPS) is 15.5. The Morgan fingerprint density at radius 1 is 1.00 bits per heavy atom. The lowest BCUT2D eigenvalue weighted by molar-refractivity contribution is 0.0398. The minimum Gasteiger partial charge on any atom is -0.384 e. The average molecular weight is 390 g/mol. The number of ether oxygens (including phenoxy) is 1. The summed E-state index contributed by atoms with van der Waals surface area (Å²) in [4.78, 5) is 2.67. The van der Waals surface area contributed by atoms with Crippen molar-refractivity contribution in [3.8, 4) is 0 Å². The second kappa shape index (κ2) is 8.73. The van der Waals surface area contributed by atoms with Gasteiger partial charge in [-0.1, -0.05) is 17.7 Å². The summed E-state index contributed by atoms with van der Waals surface area (Å²) in [7, 11) is -3.59. The van der Waals surface area contributed by atoms with Gasteiger partial charge in [0.1, 0.15) is 0 Å². The highest BCUT2D eigenvalue weighted by Gasteiger charge is 2.16. The molecule has 0 amide bonds. The fourth-order valence-electron chi connectivity index (χ4n) is 3.15. The van der Waals surface area contributed by atoms with E-state index in [1.807, 2.05) is 38.1 Å². The van der Waals surface area contributed by atoms with E-state index < -0.39 is 10.0 Å². The van der Waals surface area contributed by atoms with Crippen molar-refractivity contribution in [1.29, 1.82) is 0 Å². The van der Waals surface area contributed by atoms with Crippen LogP contribution in [-0.4, -0.2) is 52.7 Å². The standard InChI is InChI=1S/C20H27N3O3S/c1-16-3-8-20(17(2)15-16)27(24,25)22-19-6-4-18(5-7-19)21-9-10-23-11-13-26-14-12-23/h3-8,15,21-22H,9-14H2,1-2H3. The molecule has 6 nitrogen and oxygen atoms in total. The maximum Gasteiger partial charge on any atom is 0.262 e. The van der Waals surface area contributed by atoms with Gasteiger partial charge in [-0.3, -0.25) is 9.62 Å². The summed E-state index contributed by atoms with van der Waals surface area (Å²) in [6.07, 6.45) is 0. The molecule has 2 aromatic carbocycles. The van der Waals surface area contributed by atoms with Gasteiger partial charge in [0.2, 0.25) is 0 Å². The molecule has 1 fully saturated rings. The van der Waals surface area contributed by atoms with Crippen molar-refractivity contribution in [2.45, 2.75) is 18.7 Å². The first kappa shape index (κ1) is 19.7. The van der Waals surface area contributed by atoms with Crippen molar-refractivity contribution in [2.75, 3.05) is 49.4 Å². The Morgan fingerprint density at radius 2 is 1.67 bits per heavy atom. The Bertz CT molecular complexity index is 861. The maximum absolute atomic E-state index is 12.6. The van der Waals surface area contributed by atoms with Crippen LogP contribution in [0.4, 0.5) is 11.4 Å². The second-order valence-corrected chi connectivity index (χ2v) is 8.48. The summed E-state index contributed by atoms with van der Waals surface area (Å²) in [5.74, 6) is 0. The Labute approximate surface area is 161 Å². The van der Waals surface area contributed by atoms with Crippen molar-refractivity contribution in [1.82, 2.24) is 4.90 Å². The largest absolute Gasteiger partial charge is 0.384 e. The minimum atomic E-state index is -3.59. The van der Waals surface area contributed by atoms with Gasteiger partial charge in [0, 0.05) is 37.6 Å². The fraction of sp³-hybridized carbons (Fsp3) is 0.400. The van der Waals surface area contributed by atoms with E-state index in [1.54, 1.807) is 18.2 Å². The number of benzene rings is 2. The van der Waals surface area contributed by atoms with Crippen molar-refractivity contribution >= 4 is 21.4 Å². The molecule has 2 aromatic rings. The van der Waals surface area contributed by atoms with Crippen LogP contribution in [0.3, 0.4) is 0 Å². The Morgan fingerprint density at radius 3 is 2.33 bits per heavy atom. The lowest BCUT2D eigenvalue weighted by Crippen LogP contribution is -2.38. The third kappa shape index (κ3) is 5.45. The van der Waals surface area contributed by atoms with Crippen LogP contribution in [0.2, 0.25) is 0 Å². The summed E-state index contributed by atoms with van der Waals surface area (Å²) in [5, 5.41) is 3.37. The van der Waals surface area contributed by atoms with E-state index in [9.17, 15) is 8.42 Å². The second-order valence-electron chi connectivity index (χ2n) is 6.83. The molecule has 0 atom stereocenters. The Kier molecular flexibility index (Phi) is 6.36. The zero-order valence-corrected chi connectivity index (χ0v) is 16.7. The van der Waals surface area contributed by atoms with E-state index in [4.69, 9.17) is 4.74 Å². The van der Waals surface area contributed by atoms with Gasteiger partial charge in [-0.25, -0.2) is 8.42 Å². The Hall–Kier alpha value is -2.09. The summed E-state index contributed by atoms with van der Waals surface area (Å²) < 4.78 is 33.2. The first-order valence-electron chi connectivity index (χ1n) is 9.18. The van der Waals surface area contributed by atoms with Crippen molar-refractivity contribution in [2.24, 2.45) is 0 Å². The zero-order valence-electron chi connectivity index (χ0n) is 15.9. The molecule has 1 aliphatic rings. The quantitative estimate of drug-likeness (QED) is 0.762.